The van der Waals surface area contributed by atoms with Crippen molar-refractivity contribution in [2.24, 2.45) is 11.8 Å². The Morgan fingerprint density at radius 1 is 0.889 bits per heavy atom. The Morgan fingerprint density at radius 2 is 1.50 bits per heavy atom. The molecular formula is C17H35N. The minimum absolute atomic E-state index is 0.994. The third-order valence-corrected chi connectivity index (χ3v) is 4.62. The van der Waals surface area contributed by atoms with Gasteiger partial charge in [0.25, 0.3) is 0 Å². The molecular weight excluding hydrogens is 218 g/mol. The molecule has 1 aliphatic rings. The summed E-state index contributed by atoms with van der Waals surface area (Å²) in [6, 6.07) is 0. The van der Waals surface area contributed by atoms with Gasteiger partial charge in [0.05, 0.1) is 0 Å². The third-order valence-electron chi connectivity index (χ3n) is 4.62. The molecule has 0 aliphatic carbocycles. The molecule has 1 saturated heterocycles. The van der Waals surface area contributed by atoms with Crippen molar-refractivity contribution in [3.63, 3.8) is 0 Å². The van der Waals surface area contributed by atoms with Crippen molar-refractivity contribution in [2.75, 3.05) is 13.1 Å². The summed E-state index contributed by atoms with van der Waals surface area (Å²) in [5.41, 5.74) is 0. The van der Waals surface area contributed by atoms with Gasteiger partial charge in [0.2, 0.25) is 0 Å². The van der Waals surface area contributed by atoms with Gasteiger partial charge in [-0.1, -0.05) is 78.1 Å². The van der Waals surface area contributed by atoms with Crippen LogP contribution < -0.4 is 5.32 Å². The van der Waals surface area contributed by atoms with E-state index in [1.54, 1.807) is 0 Å². The fourth-order valence-corrected chi connectivity index (χ4v) is 3.36. The van der Waals surface area contributed by atoms with Crippen LogP contribution in [0.25, 0.3) is 0 Å². The topological polar surface area (TPSA) is 12.0 Å². The number of unbranched alkanes of at least 4 members (excludes halogenated alkanes) is 6. The van der Waals surface area contributed by atoms with Crippen LogP contribution in [0.2, 0.25) is 0 Å². The number of nitrogens with one attached hydrogen (secondary N) is 1. The van der Waals surface area contributed by atoms with Gasteiger partial charge in [-0.3, -0.25) is 0 Å². The maximum atomic E-state index is 3.56. The molecule has 1 aliphatic heterocycles. The maximum absolute atomic E-state index is 3.56. The number of hydrogen-bond donors (Lipinski definition) is 1. The predicted molar refractivity (Wildman–Crippen MR) is 82.0 cm³/mol. The fraction of sp³-hybridized carbons (Fsp3) is 1.00. The molecule has 1 fully saturated rings. The van der Waals surface area contributed by atoms with E-state index in [2.05, 4.69) is 19.2 Å². The molecule has 0 bridgehead atoms. The lowest BCUT2D eigenvalue weighted by atomic mass is 9.83. The SMILES string of the molecule is CCCCCCC(CCCCCC)C1CCNC1. The maximum Gasteiger partial charge on any atom is -0.00174 e. The Balaban J connectivity index is 2.18. The summed E-state index contributed by atoms with van der Waals surface area (Å²) >= 11 is 0. The predicted octanol–water partition coefficient (Wildman–Crippen LogP) is 5.15. The van der Waals surface area contributed by atoms with Gasteiger partial charge in [-0.15, -0.1) is 0 Å². The van der Waals surface area contributed by atoms with E-state index >= 15 is 0 Å². The minimum atomic E-state index is 0.994. The van der Waals surface area contributed by atoms with E-state index in [1.165, 1.54) is 83.7 Å². The van der Waals surface area contributed by atoms with Crippen LogP contribution in [0.3, 0.4) is 0 Å². The molecule has 0 aromatic rings. The molecule has 1 heteroatoms. The second-order valence-electron chi connectivity index (χ2n) is 6.21. The van der Waals surface area contributed by atoms with Crippen molar-refractivity contribution >= 4 is 0 Å². The van der Waals surface area contributed by atoms with Crippen molar-refractivity contribution < 1.29 is 0 Å². The van der Waals surface area contributed by atoms with Crippen LogP contribution in [0.4, 0.5) is 0 Å². The summed E-state index contributed by atoms with van der Waals surface area (Å²) < 4.78 is 0. The lowest BCUT2D eigenvalue weighted by molar-refractivity contribution is 0.294. The second kappa shape index (κ2) is 10.8. The molecule has 1 atom stereocenters. The van der Waals surface area contributed by atoms with Gasteiger partial charge >= 0.3 is 0 Å². The van der Waals surface area contributed by atoms with E-state index in [-0.39, 0.29) is 0 Å². The Hall–Kier alpha value is -0.0400. The van der Waals surface area contributed by atoms with Crippen molar-refractivity contribution in [3.05, 3.63) is 0 Å². The Morgan fingerprint density at radius 3 is 1.94 bits per heavy atom. The molecule has 0 saturated carbocycles. The normalized spacial score (nSPS) is 19.8. The average Bonchev–Trinajstić information content (AvgIpc) is 2.91. The summed E-state index contributed by atoms with van der Waals surface area (Å²) in [7, 11) is 0. The van der Waals surface area contributed by atoms with Gasteiger partial charge in [0, 0.05) is 0 Å². The highest BCUT2D eigenvalue weighted by Crippen LogP contribution is 2.29. The van der Waals surface area contributed by atoms with Gasteiger partial charge in [0.1, 0.15) is 0 Å². The highest BCUT2D eigenvalue weighted by molar-refractivity contribution is 4.78. The van der Waals surface area contributed by atoms with Crippen molar-refractivity contribution in [1.29, 1.82) is 0 Å². The van der Waals surface area contributed by atoms with Crippen molar-refractivity contribution in [2.45, 2.75) is 84.5 Å². The number of hydrogen-bond acceptors (Lipinski definition) is 1. The van der Waals surface area contributed by atoms with E-state index in [4.69, 9.17) is 0 Å². The van der Waals surface area contributed by atoms with Gasteiger partial charge in [-0.05, 0) is 31.3 Å². The molecule has 108 valence electrons. The zero-order valence-electron chi connectivity index (χ0n) is 12.8. The molecule has 0 aromatic heterocycles. The van der Waals surface area contributed by atoms with E-state index in [0.29, 0.717) is 0 Å². The standard InChI is InChI=1S/C17H35N/c1-3-5-7-9-11-16(12-10-8-6-4-2)17-13-14-18-15-17/h16-18H,3-15H2,1-2H3. The first-order chi connectivity index (χ1) is 8.88. The van der Waals surface area contributed by atoms with Crippen LogP contribution in [0, 0.1) is 11.8 Å². The molecule has 18 heavy (non-hydrogen) atoms. The second-order valence-corrected chi connectivity index (χ2v) is 6.21. The van der Waals surface area contributed by atoms with Gasteiger partial charge in [-0.25, -0.2) is 0 Å². The zero-order valence-corrected chi connectivity index (χ0v) is 12.8. The van der Waals surface area contributed by atoms with Crippen molar-refractivity contribution in [1.82, 2.24) is 5.32 Å². The van der Waals surface area contributed by atoms with E-state index < -0.39 is 0 Å². The van der Waals surface area contributed by atoms with E-state index in [0.717, 1.165) is 11.8 Å². The summed E-state index contributed by atoms with van der Waals surface area (Å²) in [6.07, 6.45) is 15.9. The molecule has 1 unspecified atom stereocenters. The first-order valence-electron chi connectivity index (χ1n) is 8.59. The van der Waals surface area contributed by atoms with Crippen LogP contribution >= 0.6 is 0 Å². The molecule has 0 spiro atoms. The summed E-state index contributed by atoms with van der Waals surface area (Å²) in [5, 5.41) is 3.56. The summed E-state index contributed by atoms with van der Waals surface area (Å²) in [5.74, 6) is 2.02. The van der Waals surface area contributed by atoms with Crippen LogP contribution in [0.5, 0.6) is 0 Å². The van der Waals surface area contributed by atoms with Crippen LogP contribution in [-0.4, -0.2) is 13.1 Å². The molecule has 1 rings (SSSR count). The molecule has 0 amide bonds. The molecule has 0 aromatic carbocycles. The van der Waals surface area contributed by atoms with Gasteiger partial charge < -0.3 is 5.32 Å². The first kappa shape index (κ1) is 16.0. The lowest BCUT2D eigenvalue weighted by Gasteiger charge is -2.23. The Labute approximate surface area is 115 Å². The third kappa shape index (κ3) is 6.78. The quantitative estimate of drug-likeness (QED) is 0.502. The first-order valence-corrected chi connectivity index (χ1v) is 8.59. The van der Waals surface area contributed by atoms with Crippen molar-refractivity contribution in [3.8, 4) is 0 Å². The zero-order chi connectivity index (χ0) is 13.1. The molecule has 0 radical (unpaired) electrons. The van der Waals surface area contributed by atoms with Gasteiger partial charge in [-0.2, -0.15) is 0 Å². The highest BCUT2D eigenvalue weighted by atomic mass is 14.9. The smallest absolute Gasteiger partial charge is 0.00174 e. The monoisotopic (exact) mass is 253 g/mol. The van der Waals surface area contributed by atoms with Crippen LogP contribution in [0.15, 0.2) is 0 Å². The molecule has 1 N–H and O–H groups in total. The highest BCUT2D eigenvalue weighted by Gasteiger charge is 2.23. The van der Waals surface area contributed by atoms with Crippen LogP contribution in [0.1, 0.15) is 84.5 Å². The van der Waals surface area contributed by atoms with Gasteiger partial charge in [0.15, 0.2) is 0 Å². The molecule has 1 nitrogen and oxygen atoms in total. The average molecular weight is 253 g/mol. The Bertz CT molecular complexity index is 160. The summed E-state index contributed by atoms with van der Waals surface area (Å²) in [6.45, 7) is 7.18. The molecule has 1 heterocycles. The Kier molecular flexibility index (Phi) is 9.65. The number of rotatable bonds is 11. The van der Waals surface area contributed by atoms with E-state index in [9.17, 15) is 0 Å². The summed E-state index contributed by atoms with van der Waals surface area (Å²) in [4.78, 5) is 0. The lowest BCUT2D eigenvalue weighted by Crippen LogP contribution is -2.18. The largest absolute Gasteiger partial charge is 0.316 e. The minimum Gasteiger partial charge on any atom is -0.316 e. The fourth-order valence-electron chi connectivity index (χ4n) is 3.36. The van der Waals surface area contributed by atoms with Crippen LogP contribution in [-0.2, 0) is 0 Å². The van der Waals surface area contributed by atoms with E-state index in [1.807, 2.05) is 0 Å².